The van der Waals surface area contributed by atoms with E-state index in [1.165, 1.54) is 19.1 Å². The Hall–Kier alpha value is -4.75. The number of aromatic nitrogens is 2. The van der Waals surface area contributed by atoms with Gasteiger partial charge in [-0.2, -0.15) is 17.6 Å². The lowest BCUT2D eigenvalue weighted by atomic mass is 9.88. The number of halogens is 7. The molecule has 3 aromatic rings. The van der Waals surface area contributed by atoms with E-state index in [2.05, 4.69) is 23.5 Å². The number of hydrogen-bond donors (Lipinski definition) is 2. The van der Waals surface area contributed by atoms with Gasteiger partial charge < -0.3 is 15.0 Å². The smallest absolute Gasteiger partial charge is 0.326 e. The fourth-order valence-corrected chi connectivity index (χ4v) is 5.22. The van der Waals surface area contributed by atoms with Crippen molar-refractivity contribution in [1.29, 1.82) is 0 Å². The zero-order valence-corrected chi connectivity index (χ0v) is 26.8. The second-order valence-corrected chi connectivity index (χ2v) is 11.6. The van der Waals surface area contributed by atoms with Gasteiger partial charge in [-0.05, 0) is 48.7 Å². The minimum atomic E-state index is -3.99. The SMILES string of the molecule is C=C(C)c1cccc(F)c1C(=O)N[C@@H](Cc1nccc(Cc2c(C(C)(F)F)cc(C(F)(F)CC)n(C)c2=O)c1C(F)(F)C(=C)C)C(=O)O. The van der Waals surface area contributed by atoms with Gasteiger partial charge >= 0.3 is 5.97 Å². The molecule has 258 valence electrons. The molecular formula is C34H34F7N3O4. The van der Waals surface area contributed by atoms with Gasteiger partial charge in [-0.25, -0.2) is 18.0 Å². The fraction of sp³-hybridized carbons (Fsp3) is 0.353. The Morgan fingerprint density at radius 1 is 1.08 bits per heavy atom. The van der Waals surface area contributed by atoms with Gasteiger partial charge in [0.25, 0.3) is 29.2 Å². The Morgan fingerprint density at radius 3 is 2.23 bits per heavy atom. The number of hydrogen-bond acceptors (Lipinski definition) is 4. The summed E-state index contributed by atoms with van der Waals surface area (Å²) < 4.78 is 106. The van der Waals surface area contributed by atoms with Gasteiger partial charge in [0.2, 0.25) is 0 Å². The summed E-state index contributed by atoms with van der Waals surface area (Å²) >= 11 is 0. The number of carbonyl (C=O) groups is 2. The molecular weight excluding hydrogens is 647 g/mol. The van der Waals surface area contributed by atoms with Crippen LogP contribution < -0.4 is 10.9 Å². The van der Waals surface area contributed by atoms with Gasteiger partial charge in [0, 0.05) is 50.6 Å². The Bertz CT molecular complexity index is 1850. The van der Waals surface area contributed by atoms with Crippen molar-refractivity contribution in [2.24, 2.45) is 7.05 Å². The maximum atomic E-state index is 15.9. The minimum Gasteiger partial charge on any atom is -0.480 e. The Morgan fingerprint density at radius 2 is 1.71 bits per heavy atom. The number of benzene rings is 1. The summed E-state index contributed by atoms with van der Waals surface area (Å²) in [6, 6.07) is 3.15. The number of carbonyl (C=O) groups excluding carboxylic acids is 1. The lowest BCUT2D eigenvalue weighted by molar-refractivity contribution is -0.139. The van der Waals surface area contributed by atoms with E-state index in [1.807, 2.05) is 0 Å². The van der Waals surface area contributed by atoms with E-state index in [1.54, 1.807) is 0 Å². The Labute approximate surface area is 271 Å². The molecule has 0 aliphatic heterocycles. The van der Waals surface area contributed by atoms with E-state index in [0.29, 0.717) is 17.6 Å². The normalized spacial score (nSPS) is 12.8. The maximum Gasteiger partial charge on any atom is 0.326 e. The summed E-state index contributed by atoms with van der Waals surface area (Å²) in [5.74, 6) is -15.4. The van der Waals surface area contributed by atoms with Crippen LogP contribution >= 0.6 is 0 Å². The topological polar surface area (TPSA) is 101 Å². The molecule has 1 aromatic carbocycles. The largest absolute Gasteiger partial charge is 0.480 e. The van der Waals surface area contributed by atoms with Crippen molar-refractivity contribution < 1.29 is 45.4 Å². The van der Waals surface area contributed by atoms with Crippen molar-refractivity contribution >= 4 is 17.4 Å². The van der Waals surface area contributed by atoms with E-state index in [4.69, 9.17) is 0 Å². The third kappa shape index (κ3) is 7.52. The number of rotatable bonds is 13. The zero-order chi connectivity index (χ0) is 36.5. The molecule has 48 heavy (non-hydrogen) atoms. The van der Waals surface area contributed by atoms with Gasteiger partial charge in [-0.1, -0.05) is 37.8 Å². The van der Waals surface area contributed by atoms with Gasteiger partial charge in [-0.3, -0.25) is 14.6 Å². The van der Waals surface area contributed by atoms with Crippen LogP contribution in [0.3, 0.4) is 0 Å². The summed E-state index contributed by atoms with van der Waals surface area (Å²) in [7, 11) is 0.943. The number of pyridine rings is 2. The third-order valence-corrected chi connectivity index (χ3v) is 7.86. The monoisotopic (exact) mass is 681 g/mol. The van der Waals surface area contributed by atoms with E-state index < -0.39 is 111 Å². The molecule has 2 aromatic heterocycles. The molecule has 0 saturated heterocycles. The molecule has 2 N–H and O–H groups in total. The van der Waals surface area contributed by atoms with Crippen LogP contribution in [0.5, 0.6) is 0 Å². The van der Waals surface area contributed by atoms with E-state index >= 15 is 8.78 Å². The molecule has 0 bridgehead atoms. The second kappa shape index (κ2) is 13.8. The highest BCUT2D eigenvalue weighted by Crippen LogP contribution is 2.41. The molecule has 0 unspecified atom stereocenters. The molecule has 7 nitrogen and oxygen atoms in total. The van der Waals surface area contributed by atoms with Gasteiger partial charge in [0.1, 0.15) is 11.9 Å². The number of nitrogens with one attached hydrogen (secondary N) is 1. The van der Waals surface area contributed by atoms with Crippen LogP contribution in [-0.2, 0) is 42.5 Å². The van der Waals surface area contributed by atoms with Crippen LogP contribution in [0.4, 0.5) is 30.7 Å². The summed E-state index contributed by atoms with van der Waals surface area (Å²) in [4.78, 5) is 42.6. The fourth-order valence-electron chi connectivity index (χ4n) is 5.22. The van der Waals surface area contributed by atoms with Crippen LogP contribution in [0.2, 0.25) is 0 Å². The van der Waals surface area contributed by atoms with Crippen molar-refractivity contribution in [3.63, 3.8) is 0 Å². The van der Waals surface area contributed by atoms with Gasteiger partial charge in [0.05, 0.1) is 22.5 Å². The lowest BCUT2D eigenvalue weighted by Gasteiger charge is -2.26. The first-order valence-corrected chi connectivity index (χ1v) is 14.5. The van der Waals surface area contributed by atoms with Gasteiger partial charge in [-0.15, -0.1) is 0 Å². The molecule has 0 spiro atoms. The van der Waals surface area contributed by atoms with Crippen molar-refractivity contribution in [3.8, 4) is 0 Å². The molecule has 0 aliphatic rings. The summed E-state index contributed by atoms with van der Waals surface area (Å²) in [6.45, 7) is 10.8. The number of carboxylic acid groups (broad SMARTS) is 1. The molecule has 14 heteroatoms. The van der Waals surface area contributed by atoms with Crippen molar-refractivity contribution in [1.82, 2.24) is 14.9 Å². The van der Waals surface area contributed by atoms with Crippen molar-refractivity contribution in [2.45, 2.75) is 70.8 Å². The van der Waals surface area contributed by atoms with E-state index in [9.17, 15) is 41.4 Å². The van der Waals surface area contributed by atoms with Crippen LogP contribution in [0, 0.1) is 5.82 Å². The lowest BCUT2D eigenvalue weighted by Crippen LogP contribution is -2.43. The average molecular weight is 682 g/mol. The maximum absolute atomic E-state index is 15.9. The molecule has 1 atom stereocenters. The minimum absolute atomic E-state index is 0.0686. The van der Waals surface area contributed by atoms with Crippen LogP contribution in [0.15, 0.2) is 60.1 Å². The first-order valence-electron chi connectivity index (χ1n) is 14.5. The quantitative estimate of drug-likeness (QED) is 0.146. The average Bonchev–Trinajstić information content (AvgIpc) is 2.97. The first kappa shape index (κ1) is 37.7. The standard InChI is InChI=1S/C34H34F7N3O4/c1-8-33(38,39)26-15-22(32(6,36)37)21(30(46)44(26)7)14-19-12-13-42-24(28(19)34(40,41)18(4)5)16-25(31(47)48)43-29(45)27-20(17(2)3)10-9-11-23(27)35/h9-13,15,25H,2,4,8,14,16H2,1,3,5-7H3,(H,43,45)(H,47,48)/t25-/m0/s1. The first-order chi connectivity index (χ1) is 22.1. The molecule has 0 radical (unpaired) electrons. The highest BCUT2D eigenvalue weighted by Gasteiger charge is 2.41. The number of aliphatic carboxylic acids is 1. The molecule has 0 aliphatic carbocycles. The number of allylic oxidation sites excluding steroid dienone is 2. The predicted octanol–water partition coefficient (Wildman–Crippen LogP) is 7.25. The Kier molecular flexibility index (Phi) is 10.8. The summed E-state index contributed by atoms with van der Waals surface area (Å²) in [6.07, 6.45) is -1.67. The number of nitrogens with zero attached hydrogens (tertiary/aromatic N) is 2. The van der Waals surface area contributed by atoms with Crippen molar-refractivity contribution in [3.05, 3.63) is 116 Å². The summed E-state index contributed by atoms with van der Waals surface area (Å²) in [5.41, 5.74) is -7.16. The number of amides is 1. The van der Waals surface area contributed by atoms with E-state index in [-0.39, 0.29) is 11.1 Å². The Balaban J connectivity index is 2.23. The molecule has 0 saturated carbocycles. The predicted molar refractivity (Wildman–Crippen MR) is 165 cm³/mol. The number of carboxylic acids is 1. The third-order valence-electron chi connectivity index (χ3n) is 7.86. The van der Waals surface area contributed by atoms with Crippen molar-refractivity contribution in [2.75, 3.05) is 0 Å². The summed E-state index contributed by atoms with van der Waals surface area (Å²) in [5, 5.41) is 12.1. The highest BCUT2D eigenvalue weighted by molar-refractivity contribution is 6.00. The molecule has 1 amide bonds. The molecule has 0 fully saturated rings. The van der Waals surface area contributed by atoms with Crippen LogP contribution in [0.25, 0.3) is 5.57 Å². The molecule has 3 rings (SSSR count). The van der Waals surface area contributed by atoms with Crippen LogP contribution in [-0.4, -0.2) is 32.6 Å². The van der Waals surface area contributed by atoms with Gasteiger partial charge in [0.15, 0.2) is 0 Å². The second-order valence-electron chi connectivity index (χ2n) is 11.6. The zero-order valence-electron chi connectivity index (χ0n) is 26.8. The highest BCUT2D eigenvalue weighted by atomic mass is 19.3. The van der Waals surface area contributed by atoms with E-state index in [0.717, 1.165) is 39.2 Å². The molecule has 2 heterocycles. The van der Waals surface area contributed by atoms with Crippen LogP contribution in [0.1, 0.15) is 83.7 Å². The number of alkyl halides is 6.